The maximum absolute atomic E-state index is 12.6. The van der Waals surface area contributed by atoms with Crippen molar-refractivity contribution in [1.82, 2.24) is 5.32 Å². The van der Waals surface area contributed by atoms with Gasteiger partial charge >= 0.3 is 0 Å². The first-order valence-electron chi connectivity index (χ1n) is 8.64. The van der Waals surface area contributed by atoms with Gasteiger partial charge in [-0.1, -0.05) is 45.7 Å². The zero-order valence-corrected chi connectivity index (χ0v) is 15.9. The van der Waals surface area contributed by atoms with Crippen molar-refractivity contribution in [2.45, 2.75) is 58.2 Å². The second kappa shape index (κ2) is 7.26. The highest BCUT2D eigenvalue weighted by Gasteiger charge is 2.35. The van der Waals surface area contributed by atoms with Gasteiger partial charge in [-0.25, -0.2) is 8.42 Å². The zero-order valence-electron chi connectivity index (χ0n) is 15.1. The Bertz CT molecular complexity index is 689. The third-order valence-corrected chi connectivity index (χ3v) is 5.67. The summed E-state index contributed by atoms with van der Waals surface area (Å²) in [4.78, 5) is 12.6. The number of benzene rings is 1. The third kappa shape index (κ3) is 5.33. The van der Waals surface area contributed by atoms with E-state index >= 15 is 0 Å². The number of rotatable bonds is 4. The number of amides is 1. The molecule has 0 spiro atoms. The fourth-order valence-corrected chi connectivity index (χ4v) is 4.48. The minimum absolute atomic E-state index is 0.0395. The van der Waals surface area contributed by atoms with E-state index in [0.717, 1.165) is 19.3 Å². The monoisotopic (exact) mass is 351 g/mol. The number of hydrogen-bond donors (Lipinski definition) is 1. The van der Waals surface area contributed by atoms with E-state index < -0.39 is 9.84 Å². The summed E-state index contributed by atoms with van der Waals surface area (Å²) in [6.07, 6.45) is 5.72. The molecule has 2 rings (SSSR count). The molecule has 2 unspecified atom stereocenters. The minimum atomic E-state index is -3.11. The van der Waals surface area contributed by atoms with Crippen molar-refractivity contribution < 1.29 is 13.2 Å². The van der Waals surface area contributed by atoms with Crippen LogP contribution in [0.4, 0.5) is 0 Å². The van der Waals surface area contributed by atoms with Gasteiger partial charge in [-0.15, -0.1) is 0 Å². The molecule has 0 aromatic heterocycles. The summed E-state index contributed by atoms with van der Waals surface area (Å²) in [5.41, 5.74) is 1.35. The molecule has 1 N–H and O–H groups in total. The molecule has 2 atom stereocenters. The second-order valence-corrected chi connectivity index (χ2v) is 10.2. The van der Waals surface area contributed by atoms with Gasteiger partial charge in [0.1, 0.15) is 0 Å². The summed E-state index contributed by atoms with van der Waals surface area (Å²) in [5, 5.41) is 3.19. The van der Waals surface area contributed by atoms with Crippen LogP contribution in [0.25, 0.3) is 0 Å². The van der Waals surface area contributed by atoms with Crippen LogP contribution in [0.3, 0.4) is 0 Å². The van der Waals surface area contributed by atoms with E-state index in [2.05, 4.69) is 26.1 Å². The van der Waals surface area contributed by atoms with Crippen molar-refractivity contribution in [3.05, 3.63) is 35.4 Å². The van der Waals surface area contributed by atoms with Crippen LogP contribution in [0.15, 0.2) is 24.3 Å². The summed E-state index contributed by atoms with van der Waals surface area (Å²) < 4.78 is 22.9. The van der Waals surface area contributed by atoms with Crippen LogP contribution in [0.5, 0.6) is 0 Å². The molecule has 1 aliphatic rings. The number of hydrogen-bond acceptors (Lipinski definition) is 3. The molecule has 1 amide bonds. The molecule has 4 nitrogen and oxygen atoms in total. The SMILES string of the molecule is CC(C)(C)C1CCCCC1NC(=O)c1cccc(CS(C)(=O)=O)c1. The molecule has 0 bridgehead atoms. The largest absolute Gasteiger partial charge is 0.349 e. The number of carbonyl (C=O) groups excluding carboxylic acids is 1. The Hall–Kier alpha value is -1.36. The number of carbonyl (C=O) groups is 1. The van der Waals surface area contributed by atoms with Crippen LogP contribution in [-0.2, 0) is 15.6 Å². The fraction of sp³-hybridized carbons (Fsp3) is 0.632. The normalized spacial score (nSPS) is 22.2. The first-order chi connectivity index (χ1) is 11.1. The lowest BCUT2D eigenvalue weighted by molar-refractivity contribution is 0.0830. The summed E-state index contributed by atoms with van der Waals surface area (Å²) in [7, 11) is -3.11. The standard InChI is InChI=1S/C19H29NO3S/c1-19(2,3)16-10-5-6-11-17(16)20-18(21)15-9-7-8-14(12-15)13-24(4,22)23/h7-9,12,16-17H,5-6,10-11,13H2,1-4H3,(H,20,21). The topological polar surface area (TPSA) is 63.2 Å². The smallest absolute Gasteiger partial charge is 0.251 e. The van der Waals surface area contributed by atoms with Crippen molar-refractivity contribution in [2.24, 2.45) is 11.3 Å². The van der Waals surface area contributed by atoms with Gasteiger partial charge in [0.2, 0.25) is 0 Å². The lowest BCUT2D eigenvalue weighted by atomic mass is 9.69. The van der Waals surface area contributed by atoms with E-state index in [0.29, 0.717) is 17.0 Å². The minimum Gasteiger partial charge on any atom is -0.349 e. The average Bonchev–Trinajstić information content (AvgIpc) is 2.45. The lowest BCUT2D eigenvalue weighted by Crippen LogP contribution is -2.46. The Morgan fingerprint density at radius 1 is 1.21 bits per heavy atom. The van der Waals surface area contributed by atoms with Gasteiger partial charge in [-0.05, 0) is 41.9 Å². The fourth-order valence-electron chi connectivity index (χ4n) is 3.70. The van der Waals surface area contributed by atoms with Crippen molar-refractivity contribution in [3.63, 3.8) is 0 Å². The Morgan fingerprint density at radius 3 is 2.50 bits per heavy atom. The molecule has 1 aromatic rings. The van der Waals surface area contributed by atoms with E-state index in [9.17, 15) is 13.2 Å². The summed E-state index contributed by atoms with van der Waals surface area (Å²) >= 11 is 0. The highest BCUT2D eigenvalue weighted by molar-refractivity contribution is 7.89. The molecule has 1 aromatic carbocycles. The molecule has 24 heavy (non-hydrogen) atoms. The van der Waals surface area contributed by atoms with E-state index in [1.54, 1.807) is 24.3 Å². The molecular formula is C19H29NO3S. The summed E-state index contributed by atoms with van der Waals surface area (Å²) in [5.74, 6) is 0.322. The van der Waals surface area contributed by atoms with Crippen LogP contribution >= 0.6 is 0 Å². The van der Waals surface area contributed by atoms with Crippen molar-refractivity contribution in [3.8, 4) is 0 Å². The highest BCUT2D eigenvalue weighted by atomic mass is 32.2. The van der Waals surface area contributed by atoms with Gasteiger partial charge in [0.05, 0.1) is 5.75 Å². The molecule has 134 valence electrons. The molecule has 1 aliphatic carbocycles. The maximum atomic E-state index is 12.6. The zero-order chi connectivity index (χ0) is 18.0. The van der Waals surface area contributed by atoms with E-state index in [1.165, 1.54) is 12.7 Å². The maximum Gasteiger partial charge on any atom is 0.251 e. The van der Waals surface area contributed by atoms with Gasteiger partial charge in [0, 0.05) is 17.9 Å². The third-order valence-electron chi connectivity index (χ3n) is 4.81. The van der Waals surface area contributed by atoms with Gasteiger partial charge in [-0.2, -0.15) is 0 Å². The second-order valence-electron chi connectivity index (χ2n) is 8.11. The Kier molecular flexibility index (Phi) is 5.74. The summed E-state index contributed by atoms with van der Waals surface area (Å²) in [6.45, 7) is 6.69. The molecule has 0 heterocycles. The van der Waals surface area contributed by atoms with Gasteiger partial charge in [-0.3, -0.25) is 4.79 Å². The van der Waals surface area contributed by atoms with Gasteiger partial charge in [0.25, 0.3) is 5.91 Å². The highest BCUT2D eigenvalue weighted by Crippen LogP contribution is 2.38. The molecule has 0 saturated heterocycles. The van der Waals surface area contributed by atoms with Crippen molar-refractivity contribution >= 4 is 15.7 Å². The average molecular weight is 352 g/mol. The van der Waals surface area contributed by atoms with Crippen LogP contribution in [0.2, 0.25) is 0 Å². The van der Waals surface area contributed by atoms with Gasteiger partial charge in [0.15, 0.2) is 9.84 Å². The quantitative estimate of drug-likeness (QED) is 0.902. The van der Waals surface area contributed by atoms with Crippen LogP contribution < -0.4 is 5.32 Å². The molecule has 1 saturated carbocycles. The predicted octanol–water partition coefficient (Wildman–Crippen LogP) is 3.57. The van der Waals surface area contributed by atoms with Crippen LogP contribution in [-0.4, -0.2) is 26.6 Å². The van der Waals surface area contributed by atoms with Crippen molar-refractivity contribution in [1.29, 1.82) is 0 Å². The van der Waals surface area contributed by atoms with Gasteiger partial charge < -0.3 is 5.32 Å². The molecule has 5 heteroatoms. The molecule has 1 fully saturated rings. The van der Waals surface area contributed by atoms with E-state index in [1.807, 2.05) is 0 Å². The molecular weight excluding hydrogens is 322 g/mol. The first-order valence-corrected chi connectivity index (χ1v) is 10.7. The predicted molar refractivity (Wildman–Crippen MR) is 97.7 cm³/mol. The molecule has 0 aliphatic heterocycles. The lowest BCUT2D eigenvalue weighted by Gasteiger charge is -2.40. The first kappa shape index (κ1) is 19.0. The number of nitrogens with one attached hydrogen (secondary N) is 1. The Morgan fingerprint density at radius 2 is 1.88 bits per heavy atom. The number of sulfone groups is 1. The van der Waals surface area contributed by atoms with Crippen LogP contribution in [0.1, 0.15) is 62.4 Å². The van der Waals surface area contributed by atoms with Crippen LogP contribution in [0, 0.1) is 11.3 Å². The van der Waals surface area contributed by atoms with E-state index in [-0.39, 0.29) is 23.1 Å². The summed E-state index contributed by atoms with van der Waals surface area (Å²) in [6, 6.07) is 7.11. The Balaban J connectivity index is 2.12. The molecule has 0 radical (unpaired) electrons. The van der Waals surface area contributed by atoms with Crippen molar-refractivity contribution in [2.75, 3.05) is 6.26 Å². The van der Waals surface area contributed by atoms with E-state index in [4.69, 9.17) is 0 Å². The Labute approximate surface area is 146 Å².